The summed E-state index contributed by atoms with van der Waals surface area (Å²) < 4.78 is 12.8. The van der Waals surface area contributed by atoms with E-state index in [9.17, 15) is 9.59 Å². The second-order valence-electron chi connectivity index (χ2n) is 7.47. The molecule has 1 aromatic carbocycles. The summed E-state index contributed by atoms with van der Waals surface area (Å²) >= 11 is 1.74. The Morgan fingerprint density at radius 2 is 2.17 bits per heavy atom. The molecule has 1 saturated heterocycles. The number of benzene rings is 1. The van der Waals surface area contributed by atoms with Crippen LogP contribution >= 0.6 is 11.8 Å². The molecule has 0 bridgehead atoms. The topological polar surface area (TPSA) is 98.4 Å². The van der Waals surface area contributed by atoms with E-state index < -0.39 is 0 Å². The van der Waals surface area contributed by atoms with Gasteiger partial charge in [-0.3, -0.25) is 9.59 Å². The average molecular weight is 426 g/mol. The molecule has 2 amide bonds. The monoisotopic (exact) mass is 426 g/mol. The van der Waals surface area contributed by atoms with Gasteiger partial charge in [-0.2, -0.15) is 16.9 Å². The van der Waals surface area contributed by atoms with Crippen LogP contribution in [0.15, 0.2) is 34.7 Å². The van der Waals surface area contributed by atoms with Crippen molar-refractivity contribution in [3.63, 3.8) is 0 Å². The van der Waals surface area contributed by atoms with E-state index in [0.29, 0.717) is 17.9 Å². The smallest absolute Gasteiger partial charge is 0.292 e. The third-order valence-electron chi connectivity index (χ3n) is 5.34. The van der Waals surface area contributed by atoms with Crippen molar-refractivity contribution in [3.05, 3.63) is 47.3 Å². The molecule has 2 aliphatic rings. The number of para-hydroxylation sites is 1. The van der Waals surface area contributed by atoms with Crippen LogP contribution in [0.25, 0.3) is 11.0 Å². The highest BCUT2D eigenvalue weighted by Crippen LogP contribution is 2.35. The molecule has 9 heteroatoms. The lowest BCUT2D eigenvalue weighted by atomic mass is 10.2. The largest absolute Gasteiger partial charge is 0.451 e. The number of hydrogen-bond donors (Lipinski definition) is 2. The van der Waals surface area contributed by atoms with Gasteiger partial charge in [-0.25, -0.2) is 4.68 Å². The van der Waals surface area contributed by atoms with Crippen molar-refractivity contribution in [2.45, 2.75) is 37.0 Å². The minimum atomic E-state index is -0.355. The minimum Gasteiger partial charge on any atom is -0.451 e. The SMILES string of the molecule is O=C(Cn1nc2c(c1NC(=O)c1cc3ccccc3o1)CSC2)NCC1CCCO1. The first kappa shape index (κ1) is 19.2. The van der Waals surface area contributed by atoms with Gasteiger partial charge in [0.05, 0.1) is 11.8 Å². The van der Waals surface area contributed by atoms with Crippen molar-refractivity contribution in [3.8, 4) is 0 Å². The van der Waals surface area contributed by atoms with E-state index in [1.165, 1.54) is 0 Å². The van der Waals surface area contributed by atoms with Gasteiger partial charge in [0, 0.05) is 35.6 Å². The summed E-state index contributed by atoms with van der Waals surface area (Å²) in [6, 6.07) is 9.19. The minimum absolute atomic E-state index is 0.0418. The third-order valence-corrected chi connectivity index (χ3v) is 6.31. The number of amides is 2. The fourth-order valence-electron chi connectivity index (χ4n) is 3.81. The van der Waals surface area contributed by atoms with Gasteiger partial charge in [0.1, 0.15) is 17.9 Å². The van der Waals surface area contributed by atoms with E-state index in [1.54, 1.807) is 22.5 Å². The highest BCUT2D eigenvalue weighted by Gasteiger charge is 2.26. The van der Waals surface area contributed by atoms with E-state index in [0.717, 1.165) is 47.6 Å². The van der Waals surface area contributed by atoms with Gasteiger partial charge in [0.15, 0.2) is 5.76 Å². The Morgan fingerprint density at radius 1 is 1.27 bits per heavy atom. The molecule has 0 aliphatic carbocycles. The molecule has 8 nitrogen and oxygen atoms in total. The Hall–Kier alpha value is -2.78. The summed E-state index contributed by atoms with van der Waals surface area (Å²) in [6.45, 7) is 1.29. The zero-order chi connectivity index (χ0) is 20.5. The fourth-order valence-corrected chi connectivity index (χ4v) is 4.84. The number of aromatic nitrogens is 2. The van der Waals surface area contributed by atoms with Crippen LogP contribution in [0.1, 0.15) is 34.7 Å². The molecule has 2 aliphatic heterocycles. The van der Waals surface area contributed by atoms with Crippen LogP contribution in [0.5, 0.6) is 0 Å². The van der Waals surface area contributed by atoms with Gasteiger partial charge in [-0.15, -0.1) is 0 Å². The summed E-state index contributed by atoms with van der Waals surface area (Å²) in [5.41, 5.74) is 2.54. The van der Waals surface area contributed by atoms with Gasteiger partial charge in [-0.1, -0.05) is 18.2 Å². The molecule has 30 heavy (non-hydrogen) atoms. The number of furan rings is 1. The Bertz CT molecular complexity index is 1070. The number of nitrogens with zero attached hydrogens (tertiary/aromatic N) is 2. The summed E-state index contributed by atoms with van der Waals surface area (Å²) in [5.74, 6) is 1.81. The van der Waals surface area contributed by atoms with Crippen molar-refractivity contribution < 1.29 is 18.7 Å². The maximum absolute atomic E-state index is 12.8. The molecule has 2 aromatic heterocycles. The first-order chi connectivity index (χ1) is 14.7. The highest BCUT2D eigenvalue weighted by molar-refractivity contribution is 7.98. The van der Waals surface area contributed by atoms with E-state index in [-0.39, 0.29) is 30.2 Å². The molecular weight excluding hydrogens is 404 g/mol. The molecule has 1 fully saturated rings. The second kappa shape index (κ2) is 8.16. The van der Waals surface area contributed by atoms with Crippen LogP contribution in [-0.2, 0) is 27.6 Å². The number of thioether (sulfide) groups is 1. The van der Waals surface area contributed by atoms with Crippen molar-refractivity contribution in [2.75, 3.05) is 18.5 Å². The van der Waals surface area contributed by atoms with Gasteiger partial charge < -0.3 is 19.8 Å². The number of nitrogens with one attached hydrogen (secondary N) is 2. The summed E-state index contributed by atoms with van der Waals surface area (Å²) in [7, 11) is 0. The lowest BCUT2D eigenvalue weighted by molar-refractivity contribution is -0.122. The van der Waals surface area contributed by atoms with Crippen molar-refractivity contribution in [1.82, 2.24) is 15.1 Å². The van der Waals surface area contributed by atoms with Gasteiger partial charge in [-0.05, 0) is 25.0 Å². The molecule has 3 aromatic rings. The molecular formula is C21H22N4O4S. The van der Waals surface area contributed by atoms with Crippen LogP contribution in [0, 0.1) is 0 Å². The molecule has 156 valence electrons. The Kier molecular flexibility index (Phi) is 5.22. The van der Waals surface area contributed by atoms with E-state index in [4.69, 9.17) is 9.15 Å². The van der Waals surface area contributed by atoms with Gasteiger partial charge in [0.25, 0.3) is 5.91 Å². The van der Waals surface area contributed by atoms with Crippen LogP contribution in [0.4, 0.5) is 5.82 Å². The van der Waals surface area contributed by atoms with Crippen LogP contribution in [0.3, 0.4) is 0 Å². The maximum atomic E-state index is 12.8. The van der Waals surface area contributed by atoms with Crippen molar-refractivity contribution >= 4 is 40.4 Å². The van der Waals surface area contributed by atoms with Crippen molar-refractivity contribution in [2.24, 2.45) is 0 Å². The molecule has 2 N–H and O–H groups in total. The fraction of sp³-hybridized carbons (Fsp3) is 0.381. The number of anilines is 1. The third kappa shape index (κ3) is 3.82. The number of ether oxygens (including phenoxy) is 1. The average Bonchev–Trinajstić information content (AvgIpc) is 3.52. The highest BCUT2D eigenvalue weighted by atomic mass is 32.2. The zero-order valence-electron chi connectivity index (χ0n) is 16.3. The van der Waals surface area contributed by atoms with E-state index >= 15 is 0 Å². The number of fused-ring (bicyclic) bond motifs is 2. The lowest BCUT2D eigenvalue weighted by Gasteiger charge is -2.13. The van der Waals surface area contributed by atoms with Crippen LogP contribution < -0.4 is 10.6 Å². The maximum Gasteiger partial charge on any atom is 0.292 e. The first-order valence-electron chi connectivity index (χ1n) is 10.0. The normalized spacial score (nSPS) is 17.9. The molecule has 5 rings (SSSR count). The standard InChI is InChI=1S/C21H22N4O4S/c26-19(22-9-14-5-3-7-28-14)10-25-20(15-11-30-12-16(15)24-25)23-21(27)18-8-13-4-1-2-6-17(13)29-18/h1-2,4,6,8,14H,3,5,7,9-12H2,(H,22,26)(H,23,27). The number of hydrogen-bond acceptors (Lipinski definition) is 6. The Balaban J connectivity index is 1.32. The zero-order valence-corrected chi connectivity index (χ0v) is 17.2. The molecule has 0 spiro atoms. The van der Waals surface area contributed by atoms with Crippen LogP contribution in [-0.4, -0.2) is 40.9 Å². The second-order valence-corrected chi connectivity index (χ2v) is 8.45. The molecule has 0 radical (unpaired) electrons. The predicted octanol–water partition coefficient (Wildman–Crippen LogP) is 2.92. The molecule has 1 unspecified atom stereocenters. The quantitative estimate of drug-likeness (QED) is 0.629. The van der Waals surface area contributed by atoms with Crippen molar-refractivity contribution in [1.29, 1.82) is 0 Å². The summed E-state index contributed by atoms with van der Waals surface area (Å²) in [4.78, 5) is 25.3. The number of rotatable bonds is 6. The number of carbonyl (C=O) groups excluding carboxylic acids is 2. The molecule has 0 saturated carbocycles. The first-order valence-corrected chi connectivity index (χ1v) is 11.2. The summed E-state index contributed by atoms with van der Waals surface area (Å²) in [6.07, 6.45) is 2.08. The summed E-state index contributed by atoms with van der Waals surface area (Å²) in [5, 5.41) is 11.3. The predicted molar refractivity (Wildman–Crippen MR) is 113 cm³/mol. The lowest BCUT2D eigenvalue weighted by Crippen LogP contribution is -2.34. The van der Waals surface area contributed by atoms with Gasteiger partial charge >= 0.3 is 0 Å². The Morgan fingerprint density at radius 3 is 3.00 bits per heavy atom. The molecule has 1 atom stereocenters. The number of carbonyl (C=O) groups is 2. The molecule has 4 heterocycles. The Labute approximate surface area is 177 Å². The van der Waals surface area contributed by atoms with E-state index in [1.807, 2.05) is 24.3 Å². The van der Waals surface area contributed by atoms with E-state index in [2.05, 4.69) is 15.7 Å². The van der Waals surface area contributed by atoms with Gasteiger partial charge in [0.2, 0.25) is 5.91 Å². The van der Waals surface area contributed by atoms with Crippen LogP contribution in [0.2, 0.25) is 0 Å².